The minimum Gasteiger partial charge on any atom is -0.369 e. The normalized spacial score (nSPS) is 24.3. The molecule has 3 rings (SSSR count). The van der Waals surface area contributed by atoms with Gasteiger partial charge in [-0.1, -0.05) is 24.6 Å². The Hall–Kier alpha value is -1.75. The van der Waals surface area contributed by atoms with Crippen LogP contribution in [0.15, 0.2) is 29.3 Å². The fourth-order valence-corrected chi connectivity index (χ4v) is 4.19. The highest BCUT2D eigenvalue weighted by atomic mass is 15.2. The quantitative estimate of drug-likeness (QED) is 0.596. The summed E-state index contributed by atoms with van der Waals surface area (Å²) in [4.78, 5) is 9.96. The summed E-state index contributed by atoms with van der Waals surface area (Å²) < 4.78 is 0. The lowest BCUT2D eigenvalue weighted by Crippen LogP contribution is -2.45. The number of likely N-dealkylation sites (tertiary alicyclic amines) is 1. The number of hydrogen-bond acceptors (Lipinski definition) is 3. The summed E-state index contributed by atoms with van der Waals surface area (Å²) in [6.45, 7) is 14.1. The van der Waals surface area contributed by atoms with Gasteiger partial charge in [-0.05, 0) is 64.3 Å². The minimum absolute atomic E-state index is 0.461. The first-order valence-corrected chi connectivity index (χ1v) is 10.8. The number of benzene rings is 1. The van der Waals surface area contributed by atoms with Crippen LogP contribution in [0.4, 0.5) is 5.69 Å². The van der Waals surface area contributed by atoms with Gasteiger partial charge in [0.1, 0.15) is 0 Å². The average Bonchev–Trinajstić information content (AvgIpc) is 3.15. The van der Waals surface area contributed by atoms with Crippen LogP contribution in [0.5, 0.6) is 0 Å². The molecule has 0 amide bonds. The summed E-state index contributed by atoms with van der Waals surface area (Å²) in [5.41, 5.74) is 2.65. The molecule has 1 aromatic rings. The van der Waals surface area contributed by atoms with Gasteiger partial charge in [0.25, 0.3) is 0 Å². The summed E-state index contributed by atoms with van der Waals surface area (Å²) in [6.07, 6.45) is 3.78. The molecule has 5 heteroatoms. The molecule has 1 aromatic carbocycles. The van der Waals surface area contributed by atoms with Crippen LogP contribution < -0.4 is 15.5 Å². The predicted molar refractivity (Wildman–Crippen MR) is 116 cm³/mol. The second-order valence-electron chi connectivity index (χ2n) is 8.03. The van der Waals surface area contributed by atoms with Gasteiger partial charge in [-0.3, -0.25) is 4.99 Å². The van der Waals surface area contributed by atoms with Crippen molar-refractivity contribution in [1.82, 2.24) is 15.5 Å². The van der Waals surface area contributed by atoms with Crippen LogP contribution in [0.3, 0.4) is 0 Å². The number of nitrogens with zero attached hydrogens (tertiary/aromatic N) is 3. The van der Waals surface area contributed by atoms with Crippen molar-refractivity contribution in [2.45, 2.75) is 46.1 Å². The third kappa shape index (κ3) is 5.86. The van der Waals surface area contributed by atoms with E-state index in [-0.39, 0.29) is 0 Å². The molecule has 2 aliphatic rings. The van der Waals surface area contributed by atoms with E-state index in [0.29, 0.717) is 12.0 Å². The molecule has 2 fully saturated rings. The van der Waals surface area contributed by atoms with Gasteiger partial charge >= 0.3 is 0 Å². The van der Waals surface area contributed by atoms with Crippen molar-refractivity contribution in [3.05, 3.63) is 29.8 Å². The average molecular weight is 372 g/mol. The van der Waals surface area contributed by atoms with E-state index in [1.54, 1.807) is 0 Å². The molecule has 150 valence electrons. The van der Waals surface area contributed by atoms with Gasteiger partial charge in [0.05, 0.1) is 0 Å². The Kier molecular flexibility index (Phi) is 7.39. The Morgan fingerprint density at radius 2 is 1.93 bits per heavy atom. The highest BCUT2D eigenvalue weighted by Gasteiger charge is 2.24. The molecule has 2 heterocycles. The monoisotopic (exact) mass is 371 g/mol. The van der Waals surface area contributed by atoms with Crippen LogP contribution in [0.2, 0.25) is 0 Å². The fraction of sp³-hybridized carbons (Fsp3) is 0.682. The van der Waals surface area contributed by atoms with Crippen LogP contribution in [-0.4, -0.2) is 62.7 Å². The Labute approximate surface area is 165 Å². The maximum atomic E-state index is 4.93. The van der Waals surface area contributed by atoms with Gasteiger partial charge in [-0.2, -0.15) is 0 Å². The fourth-order valence-electron chi connectivity index (χ4n) is 4.19. The molecule has 0 aromatic heterocycles. The Balaban J connectivity index is 1.52. The largest absolute Gasteiger partial charge is 0.369 e. The topological polar surface area (TPSA) is 42.9 Å². The van der Waals surface area contributed by atoms with Crippen LogP contribution in [-0.2, 0) is 0 Å². The first kappa shape index (κ1) is 20.0. The van der Waals surface area contributed by atoms with Gasteiger partial charge in [0, 0.05) is 44.5 Å². The maximum Gasteiger partial charge on any atom is 0.191 e. The molecule has 2 atom stereocenters. The number of guanidine groups is 1. The Morgan fingerprint density at radius 3 is 2.67 bits per heavy atom. The Bertz CT molecular complexity index is 597. The number of aliphatic imine (C=N–C) groups is 1. The first-order chi connectivity index (χ1) is 13.2. The number of rotatable bonds is 6. The van der Waals surface area contributed by atoms with E-state index < -0.39 is 0 Å². The molecular formula is C22H37N5. The molecule has 2 aliphatic heterocycles. The van der Waals surface area contributed by atoms with Crippen molar-refractivity contribution < 1.29 is 0 Å². The highest BCUT2D eigenvalue weighted by molar-refractivity contribution is 5.80. The second kappa shape index (κ2) is 9.98. The zero-order chi connectivity index (χ0) is 19.1. The number of aryl methyl sites for hydroxylation is 1. The van der Waals surface area contributed by atoms with Gasteiger partial charge in [-0.15, -0.1) is 0 Å². The number of hydrogen-bond donors (Lipinski definition) is 2. The van der Waals surface area contributed by atoms with Crippen molar-refractivity contribution in [3.8, 4) is 0 Å². The lowest BCUT2D eigenvalue weighted by Gasteiger charge is -2.31. The molecular weight excluding hydrogens is 334 g/mol. The van der Waals surface area contributed by atoms with Crippen molar-refractivity contribution in [2.75, 3.05) is 50.7 Å². The van der Waals surface area contributed by atoms with Gasteiger partial charge in [0.15, 0.2) is 5.96 Å². The standard InChI is InChI=1S/C22H37N5/c1-4-23-22(24-15-19-7-6-13-26(5-2)16-19)25-20-12-14-27(17-20)21-10-8-18(3)9-11-21/h8-11,19-20H,4-7,12-17H2,1-3H3,(H2,23,24,25). The van der Waals surface area contributed by atoms with E-state index >= 15 is 0 Å². The van der Waals surface area contributed by atoms with Crippen molar-refractivity contribution in [3.63, 3.8) is 0 Å². The highest BCUT2D eigenvalue weighted by Crippen LogP contribution is 2.21. The zero-order valence-electron chi connectivity index (χ0n) is 17.4. The van der Waals surface area contributed by atoms with E-state index in [9.17, 15) is 0 Å². The van der Waals surface area contributed by atoms with Crippen LogP contribution >= 0.6 is 0 Å². The minimum atomic E-state index is 0.461. The molecule has 2 unspecified atom stereocenters. The lowest BCUT2D eigenvalue weighted by atomic mass is 9.98. The molecule has 0 spiro atoms. The van der Waals surface area contributed by atoms with Crippen LogP contribution in [0.25, 0.3) is 0 Å². The number of anilines is 1. The van der Waals surface area contributed by atoms with E-state index in [1.165, 1.54) is 37.2 Å². The molecule has 2 saturated heterocycles. The summed E-state index contributed by atoms with van der Waals surface area (Å²) in [5, 5.41) is 7.12. The lowest BCUT2D eigenvalue weighted by molar-refractivity contribution is 0.186. The van der Waals surface area contributed by atoms with Gasteiger partial charge in [0.2, 0.25) is 0 Å². The van der Waals surface area contributed by atoms with E-state index in [2.05, 4.69) is 65.5 Å². The van der Waals surface area contributed by atoms with E-state index in [1.807, 2.05) is 0 Å². The summed E-state index contributed by atoms with van der Waals surface area (Å²) in [5.74, 6) is 1.68. The predicted octanol–water partition coefficient (Wildman–Crippen LogP) is 2.86. The third-order valence-electron chi connectivity index (χ3n) is 5.83. The summed E-state index contributed by atoms with van der Waals surface area (Å²) in [7, 11) is 0. The van der Waals surface area contributed by atoms with Crippen LogP contribution in [0.1, 0.15) is 38.7 Å². The summed E-state index contributed by atoms with van der Waals surface area (Å²) >= 11 is 0. The zero-order valence-corrected chi connectivity index (χ0v) is 17.4. The number of piperidine rings is 1. The first-order valence-electron chi connectivity index (χ1n) is 10.8. The summed E-state index contributed by atoms with van der Waals surface area (Å²) in [6, 6.07) is 9.33. The second-order valence-corrected chi connectivity index (χ2v) is 8.03. The third-order valence-corrected chi connectivity index (χ3v) is 5.83. The number of nitrogens with one attached hydrogen (secondary N) is 2. The molecule has 0 aliphatic carbocycles. The van der Waals surface area contributed by atoms with E-state index in [4.69, 9.17) is 4.99 Å². The van der Waals surface area contributed by atoms with Gasteiger partial charge < -0.3 is 20.4 Å². The molecule has 0 bridgehead atoms. The van der Waals surface area contributed by atoms with Crippen molar-refractivity contribution in [1.29, 1.82) is 0 Å². The van der Waals surface area contributed by atoms with Crippen LogP contribution in [0, 0.1) is 12.8 Å². The smallest absolute Gasteiger partial charge is 0.191 e. The van der Waals surface area contributed by atoms with E-state index in [0.717, 1.165) is 45.1 Å². The Morgan fingerprint density at radius 1 is 1.11 bits per heavy atom. The molecule has 2 N–H and O–H groups in total. The molecule has 0 saturated carbocycles. The SMILES string of the molecule is CCNC(=NCC1CCCN(CC)C1)NC1CCN(c2ccc(C)cc2)C1. The molecule has 0 radical (unpaired) electrons. The maximum absolute atomic E-state index is 4.93. The molecule has 5 nitrogen and oxygen atoms in total. The van der Waals surface area contributed by atoms with Crippen molar-refractivity contribution in [2.24, 2.45) is 10.9 Å². The van der Waals surface area contributed by atoms with Crippen molar-refractivity contribution >= 4 is 11.6 Å². The van der Waals surface area contributed by atoms with Gasteiger partial charge in [-0.25, -0.2) is 0 Å². The molecule has 27 heavy (non-hydrogen) atoms.